The van der Waals surface area contributed by atoms with E-state index in [9.17, 15) is 24.6 Å². The van der Waals surface area contributed by atoms with Gasteiger partial charge in [-0.1, -0.05) is 12.1 Å². The molecule has 0 aromatic heterocycles. The summed E-state index contributed by atoms with van der Waals surface area (Å²) in [6, 6.07) is 11.1. The van der Waals surface area contributed by atoms with Crippen LogP contribution in [0.25, 0.3) is 0 Å². The number of ether oxygens (including phenoxy) is 1. The van der Waals surface area contributed by atoms with E-state index >= 15 is 0 Å². The normalized spacial score (nSPS) is 13.8. The summed E-state index contributed by atoms with van der Waals surface area (Å²) in [5.74, 6) is -1.17. The van der Waals surface area contributed by atoms with Crippen molar-refractivity contribution in [3.63, 3.8) is 0 Å². The quantitative estimate of drug-likeness (QED) is 0.199. The van der Waals surface area contributed by atoms with Crippen LogP contribution in [-0.2, 0) is 14.4 Å². The zero-order chi connectivity index (χ0) is 23.8. The highest BCUT2D eigenvalue weighted by Crippen LogP contribution is 2.22. The van der Waals surface area contributed by atoms with Gasteiger partial charge in [0.2, 0.25) is 0 Å². The number of phenolic OH excluding ortho intramolecular Hbond substituents is 2. The second kappa shape index (κ2) is 10.9. The number of hydrogen-bond acceptors (Lipinski definition) is 8. The average molecular weight is 449 g/mol. The minimum atomic E-state index is -0.618. The van der Waals surface area contributed by atoms with Crippen LogP contribution in [0.2, 0.25) is 0 Å². The maximum Gasteiger partial charge on any atom is 0.312 e. The van der Waals surface area contributed by atoms with Gasteiger partial charge in [-0.2, -0.15) is 0 Å². The van der Waals surface area contributed by atoms with E-state index in [1.165, 1.54) is 30.5 Å². The molecule has 2 amide bonds. The third kappa shape index (κ3) is 6.36. The first kappa shape index (κ1) is 23.4. The van der Waals surface area contributed by atoms with Crippen molar-refractivity contribution in [2.75, 3.05) is 19.6 Å². The van der Waals surface area contributed by atoms with Gasteiger partial charge in [0.25, 0.3) is 11.8 Å². The summed E-state index contributed by atoms with van der Waals surface area (Å²) in [4.78, 5) is 45.1. The summed E-state index contributed by atoms with van der Waals surface area (Å²) in [6.07, 6.45) is 4.08. The first-order valence-corrected chi connectivity index (χ1v) is 10.2. The van der Waals surface area contributed by atoms with Gasteiger partial charge in [0.1, 0.15) is 17.2 Å². The predicted octanol–water partition coefficient (Wildman–Crippen LogP) is 2.25. The molecule has 0 aliphatic carbocycles. The Morgan fingerprint density at radius 1 is 1.00 bits per heavy atom. The Morgan fingerprint density at radius 3 is 2.33 bits per heavy atom. The standard InChI is InChI=1S/C24H23N3O6/c1-16-12-22(30)27(24(16)32)11-8-23(31)33-19-6-7-21(29)18(13-19)15-26-10-9-25-14-17-4-2-3-5-20(17)28/h2-7,12-15,28-29H,8-11H2,1H3. The van der Waals surface area contributed by atoms with E-state index in [2.05, 4.69) is 9.98 Å². The molecular formula is C24H23N3O6. The average Bonchev–Trinajstić information content (AvgIpc) is 3.03. The van der Waals surface area contributed by atoms with Gasteiger partial charge in [-0.3, -0.25) is 29.3 Å². The van der Waals surface area contributed by atoms with Gasteiger partial charge in [-0.25, -0.2) is 0 Å². The molecule has 170 valence electrons. The van der Waals surface area contributed by atoms with Crippen LogP contribution in [-0.4, -0.2) is 65.0 Å². The van der Waals surface area contributed by atoms with Crippen molar-refractivity contribution < 1.29 is 29.3 Å². The summed E-state index contributed by atoms with van der Waals surface area (Å²) in [5.41, 5.74) is 1.30. The van der Waals surface area contributed by atoms with Crippen LogP contribution in [0.15, 0.2) is 64.1 Å². The Labute approximate surface area is 190 Å². The molecule has 0 atom stereocenters. The summed E-state index contributed by atoms with van der Waals surface area (Å²) < 4.78 is 5.25. The Kier molecular flexibility index (Phi) is 7.69. The molecule has 2 N–H and O–H groups in total. The Morgan fingerprint density at radius 2 is 1.67 bits per heavy atom. The summed E-state index contributed by atoms with van der Waals surface area (Å²) in [6.45, 7) is 2.19. The van der Waals surface area contributed by atoms with Crippen LogP contribution in [0.5, 0.6) is 17.2 Å². The number of carbonyl (C=O) groups is 3. The number of phenols is 2. The minimum absolute atomic E-state index is 0.0360. The van der Waals surface area contributed by atoms with Gasteiger partial charge < -0.3 is 14.9 Å². The second-order valence-electron chi connectivity index (χ2n) is 7.20. The number of hydrogen-bond donors (Lipinski definition) is 2. The third-order valence-electron chi connectivity index (χ3n) is 4.71. The molecule has 0 bridgehead atoms. The summed E-state index contributed by atoms with van der Waals surface area (Å²) >= 11 is 0. The molecule has 0 radical (unpaired) electrons. The number of nitrogens with zero attached hydrogens (tertiary/aromatic N) is 3. The molecule has 0 saturated heterocycles. The van der Waals surface area contributed by atoms with E-state index in [0.29, 0.717) is 29.8 Å². The van der Waals surface area contributed by atoms with Crippen LogP contribution in [0, 0.1) is 0 Å². The van der Waals surface area contributed by atoms with Gasteiger partial charge >= 0.3 is 5.97 Å². The van der Waals surface area contributed by atoms with Crippen molar-refractivity contribution in [1.29, 1.82) is 0 Å². The summed E-state index contributed by atoms with van der Waals surface area (Å²) in [5, 5.41) is 19.7. The molecule has 33 heavy (non-hydrogen) atoms. The fraction of sp³-hybridized carbons (Fsp3) is 0.208. The lowest BCUT2D eigenvalue weighted by molar-refractivity contribution is -0.139. The van der Waals surface area contributed by atoms with E-state index in [0.717, 1.165) is 4.90 Å². The van der Waals surface area contributed by atoms with Crippen LogP contribution in [0.3, 0.4) is 0 Å². The molecule has 0 fully saturated rings. The van der Waals surface area contributed by atoms with Gasteiger partial charge in [0.15, 0.2) is 0 Å². The number of aromatic hydroxyl groups is 2. The topological polar surface area (TPSA) is 129 Å². The first-order chi connectivity index (χ1) is 15.8. The van der Waals surface area contributed by atoms with Crippen molar-refractivity contribution in [1.82, 2.24) is 4.90 Å². The van der Waals surface area contributed by atoms with Crippen LogP contribution < -0.4 is 4.74 Å². The molecule has 9 heteroatoms. The summed E-state index contributed by atoms with van der Waals surface area (Å²) in [7, 11) is 0. The molecule has 0 spiro atoms. The van der Waals surface area contributed by atoms with Gasteiger partial charge in [-0.15, -0.1) is 0 Å². The SMILES string of the molecule is CC1=CC(=O)N(CCC(=O)Oc2ccc(O)c(C=NCCN=Cc3ccccc3O)c2)C1=O. The van der Waals surface area contributed by atoms with Crippen LogP contribution >= 0.6 is 0 Å². The molecule has 2 aromatic carbocycles. The van der Waals surface area contributed by atoms with Gasteiger partial charge in [0.05, 0.1) is 19.5 Å². The van der Waals surface area contributed by atoms with E-state index in [-0.39, 0.29) is 30.2 Å². The largest absolute Gasteiger partial charge is 0.507 e. The maximum absolute atomic E-state index is 12.1. The lowest BCUT2D eigenvalue weighted by Crippen LogP contribution is -2.33. The number of benzene rings is 2. The lowest BCUT2D eigenvalue weighted by Gasteiger charge is -2.13. The van der Waals surface area contributed by atoms with Crippen LogP contribution in [0.4, 0.5) is 0 Å². The van der Waals surface area contributed by atoms with Gasteiger partial charge in [-0.05, 0) is 37.3 Å². The molecule has 2 aromatic rings. The number of para-hydroxylation sites is 1. The highest BCUT2D eigenvalue weighted by atomic mass is 16.5. The Bertz CT molecular complexity index is 1150. The smallest absolute Gasteiger partial charge is 0.312 e. The van der Waals surface area contributed by atoms with Gasteiger partial charge in [0, 0.05) is 41.7 Å². The number of aliphatic imine (C=N–C) groups is 2. The van der Waals surface area contributed by atoms with Crippen molar-refractivity contribution in [3.8, 4) is 17.2 Å². The molecular weight excluding hydrogens is 426 g/mol. The van der Waals surface area contributed by atoms with Crippen LogP contribution in [0.1, 0.15) is 24.5 Å². The fourth-order valence-corrected chi connectivity index (χ4v) is 2.97. The van der Waals surface area contributed by atoms with Crippen molar-refractivity contribution in [3.05, 3.63) is 65.2 Å². The zero-order valence-electron chi connectivity index (χ0n) is 18.0. The minimum Gasteiger partial charge on any atom is -0.507 e. The molecule has 3 rings (SSSR count). The van der Waals surface area contributed by atoms with E-state index in [1.807, 2.05) is 0 Å². The number of imide groups is 1. The third-order valence-corrected chi connectivity index (χ3v) is 4.71. The van der Waals surface area contributed by atoms with E-state index in [4.69, 9.17) is 4.74 Å². The lowest BCUT2D eigenvalue weighted by atomic mass is 10.2. The predicted molar refractivity (Wildman–Crippen MR) is 122 cm³/mol. The Hall–Kier alpha value is -4.27. The maximum atomic E-state index is 12.1. The molecule has 1 heterocycles. The van der Waals surface area contributed by atoms with Crippen molar-refractivity contribution >= 4 is 30.2 Å². The molecule has 0 saturated carbocycles. The molecule has 1 aliphatic heterocycles. The molecule has 1 aliphatic rings. The highest BCUT2D eigenvalue weighted by Gasteiger charge is 2.28. The van der Waals surface area contributed by atoms with Crippen molar-refractivity contribution in [2.45, 2.75) is 13.3 Å². The fourth-order valence-electron chi connectivity index (χ4n) is 2.97. The number of rotatable bonds is 9. The van der Waals surface area contributed by atoms with E-state index in [1.54, 1.807) is 37.4 Å². The second-order valence-corrected chi connectivity index (χ2v) is 7.20. The number of esters is 1. The first-order valence-electron chi connectivity index (χ1n) is 10.2. The number of carbonyl (C=O) groups excluding carboxylic acids is 3. The number of amides is 2. The molecule has 9 nitrogen and oxygen atoms in total. The zero-order valence-corrected chi connectivity index (χ0v) is 18.0. The van der Waals surface area contributed by atoms with E-state index < -0.39 is 17.8 Å². The monoisotopic (exact) mass is 449 g/mol. The Balaban J connectivity index is 1.49. The highest BCUT2D eigenvalue weighted by molar-refractivity contribution is 6.15. The molecule has 0 unspecified atom stereocenters. The van der Waals surface area contributed by atoms with Crippen molar-refractivity contribution in [2.24, 2.45) is 9.98 Å².